The maximum absolute atomic E-state index is 11.5. The first kappa shape index (κ1) is 14.2. The van der Waals surface area contributed by atoms with Gasteiger partial charge in [-0.15, -0.1) is 0 Å². The van der Waals surface area contributed by atoms with E-state index in [0.29, 0.717) is 0 Å². The summed E-state index contributed by atoms with van der Waals surface area (Å²) in [4.78, 5) is 33.2. The average molecular weight is 229 g/mol. The first-order valence-corrected chi connectivity index (χ1v) is 4.53. The van der Waals surface area contributed by atoms with Gasteiger partial charge in [0, 0.05) is 0 Å². The van der Waals surface area contributed by atoms with Gasteiger partial charge in [0.25, 0.3) is 0 Å². The van der Waals surface area contributed by atoms with Gasteiger partial charge in [0.2, 0.25) is 0 Å². The summed E-state index contributed by atoms with van der Waals surface area (Å²) in [5, 5.41) is 8.61. The molecule has 0 spiro atoms. The average Bonchev–Trinajstić information content (AvgIpc) is 1.99. The molecule has 0 saturated carbocycles. The van der Waals surface area contributed by atoms with Crippen molar-refractivity contribution in [2.24, 2.45) is 5.73 Å². The minimum absolute atomic E-state index is 0.637. The lowest BCUT2D eigenvalue weighted by Crippen LogP contribution is -2.30. The lowest BCUT2D eigenvalue weighted by molar-refractivity contribution is -0.151. The highest BCUT2D eigenvalue weighted by atomic mass is 16.6. The van der Waals surface area contributed by atoms with Crippen LogP contribution in [0.3, 0.4) is 0 Å². The minimum atomic E-state index is -1.53. The van der Waals surface area contributed by atoms with Crippen molar-refractivity contribution in [2.75, 3.05) is 0 Å². The summed E-state index contributed by atoms with van der Waals surface area (Å²) in [7, 11) is 0. The molecule has 0 unspecified atom stereocenters. The summed E-state index contributed by atoms with van der Waals surface area (Å²) in [6.07, 6.45) is 0. The Kier molecular flexibility index (Phi) is 4.23. The molecule has 0 amide bonds. The Balaban J connectivity index is 5.27. The number of ether oxygens (including phenoxy) is 1. The van der Waals surface area contributed by atoms with E-state index in [4.69, 9.17) is 15.6 Å². The summed E-state index contributed by atoms with van der Waals surface area (Å²) in [6.45, 7) is 5.84. The summed E-state index contributed by atoms with van der Waals surface area (Å²) in [6, 6.07) is 0. The van der Waals surface area contributed by atoms with Crippen molar-refractivity contribution in [3.05, 3.63) is 11.3 Å². The van der Waals surface area contributed by atoms with Crippen LogP contribution in [0.2, 0.25) is 0 Å². The molecule has 16 heavy (non-hydrogen) atoms. The van der Waals surface area contributed by atoms with E-state index in [9.17, 15) is 14.4 Å². The van der Waals surface area contributed by atoms with Crippen LogP contribution in [-0.2, 0) is 19.1 Å². The Labute approximate surface area is 93.1 Å². The zero-order chi connectivity index (χ0) is 13.1. The number of carboxylic acid groups (broad SMARTS) is 1. The lowest BCUT2D eigenvalue weighted by atomic mass is 10.1. The third-order valence-corrected chi connectivity index (χ3v) is 1.45. The normalized spacial score (nSPS) is 12.8. The monoisotopic (exact) mass is 229 g/mol. The SMILES string of the molecule is CC(=O)C(C(=O)OC(C)(C)C)=C(N)C(=O)O. The molecule has 0 rings (SSSR count). The van der Waals surface area contributed by atoms with Crippen LogP contribution in [0.15, 0.2) is 11.3 Å². The predicted octanol–water partition coefficient (Wildman–Crippen LogP) is 0.214. The molecule has 0 aliphatic heterocycles. The Bertz CT molecular complexity index is 362. The van der Waals surface area contributed by atoms with Crippen molar-refractivity contribution >= 4 is 17.7 Å². The van der Waals surface area contributed by atoms with Crippen LogP contribution in [0.5, 0.6) is 0 Å². The third-order valence-electron chi connectivity index (χ3n) is 1.45. The maximum atomic E-state index is 11.5. The first-order valence-electron chi connectivity index (χ1n) is 4.53. The van der Waals surface area contributed by atoms with E-state index >= 15 is 0 Å². The van der Waals surface area contributed by atoms with Gasteiger partial charge in [-0.3, -0.25) is 4.79 Å². The number of esters is 1. The number of Topliss-reactive ketones (excluding diaryl/α,β-unsaturated/α-hetero) is 1. The summed E-state index contributed by atoms with van der Waals surface area (Å²) in [5.41, 5.74) is 2.88. The molecule has 0 aromatic heterocycles. The van der Waals surface area contributed by atoms with E-state index in [1.165, 1.54) is 0 Å². The van der Waals surface area contributed by atoms with Crippen LogP contribution in [0.25, 0.3) is 0 Å². The van der Waals surface area contributed by atoms with Crippen molar-refractivity contribution < 1.29 is 24.2 Å². The fourth-order valence-electron chi connectivity index (χ4n) is 0.879. The zero-order valence-corrected chi connectivity index (χ0v) is 9.66. The van der Waals surface area contributed by atoms with E-state index in [0.717, 1.165) is 6.92 Å². The van der Waals surface area contributed by atoms with Crippen LogP contribution < -0.4 is 5.73 Å². The highest BCUT2D eigenvalue weighted by Gasteiger charge is 2.27. The van der Waals surface area contributed by atoms with Crippen molar-refractivity contribution in [3.63, 3.8) is 0 Å². The first-order chi connectivity index (χ1) is 7.06. The van der Waals surface area contributed by atoms with E-state index in [2.05, 4.69) is 0 Å². The molecule has 0 aromatic rings. The van der Waals surface area contributed by atoms with Gasteiger partial charge in [0.15, 0.2) is 5.78 Å². The second kappa shape index (κ2) is 4.78. The molecular formula is C10H15NO5. The standard InChI is InChI=1S/C10H15NO5/c1-5(12)6(7(11)8(13)14)9(15)16-10(2,3)4/h11H2,1-4H3,(H,13,14). The van der Waals surface area contributed by atoms with Crippen molar-refractivity contribution in [1.82, 2.24) is 0 Å². The Morgan fingerprint density at radius 3 is 1.88 bits per heavy atom. The predicted molar refractivity (Wildman–Crippen MR) is 55.4 cm³/mol. The molecule has 0 bridgehead atoms. The molecule has 6 heteroatoms. The number of carboxylic acids is 1. The number of aliphatic carboxylic acids is 1. The number of nitrogens with two attached hydrogens (primary N) is 1. The van der Waals surface area contributed by atoms with Gasteiger partial charge in [0.1, 0.15) is 16.9 Å². The van der Waals surface area contributed by atoms with Gasteiger partial charge in [-0.25, -0.2) is 9.59 Å². The van der Waals surface area contributed by atoms with Gasteiger partial charge in [-0.2, -0.15) is 0 Å². The molecule has 0 saturated heterocycles. The van der Waals surface area contributed by atoms with E-state index in [1.807, 2.05) is 0 Å². The molecule has 90 valence electrons. The second-order valence-electron chi connectivity index (χ2n) is 4.15. The smallest absolute Gasteiger partial charge is 0.352 e. The summed E-state index contributed by atoms with van der Waals surface area (Å²) < 4.78 is 4.87. The van der Waals surface area contributed by atoms with Crippen LogP contribution in [0.4, 0.5) is 0 Å². The topological polar surface area (TPSA) is 107 Å². The van der Waals surface area contributed by atoms with E-state index < -0.39 is 34.6 Å². The molecule has 6 nitrogen and oxygen atoms in total. The Morgan fingerprint density at radius 1 is 1.19 bits per heavy atom. The minimum Gasteiger partial charge on any atom is -0.477 e. The van der Waals surface area contributed by atoms with Crippen LogP contribution in [-0.4, -0.2) is 28.4 Å². The fourth-order valence-corrected chi connectivity index (χ4v) is 0.879. The molecular weight excluding hydrogens is 214 g/mol. The zero-order valence-electron chi connectivity index (χ0n) is 9.66. The Hall–Kier alpha value is -1.85. The van der Waals surface area contributed by atoms with Gasteiger partial charge in [-0.05, 0) is 27.7 Å². The van der Waals surface area contributed by atoms with Crippen LogP contribution >= 0.6 is 0 Å². The largest absolute Gasteiger partial charge is 0.477 e. The van der Waals surface area contributed by atoms with Crippen LogP contribution in [0.1, 0.15) is 27.7 Å². The van der Waals surface area contributed by atoms with Crippen molar-refractivity contribution in [3.8, 4) is 0 Å². The molecule has 0 atom stereocenters. The maximum Gasteiger partial charge on any atom is 0.352 e. The molecule has 0 fully saturated rings. The van der Waals surface area contributed by atoms with Crippen LogP contribution in [0, 0.1) is 0 Å². The second-order valence-corrected chi connectivity index (χ2v) is 4.15. The fraction of sp³-hybridized carbons (Fsp3) is 0.500. The summed E-state index contributed by atoms with van der Waals surface area (Å²) >= 11 is 0. The number of hydrogen-bond donors (Lipinski definition) is 2. The molecule has 0 aromatic carbocycles. The molecule has 0 radical (unpaired) electrons. The molecule has 0 aliphatic rings. The van der Waals surface area contributed by atoms with Crippen molar-refractivity contribution in [2.45, 2.75) is 33.3 Å². The number of rotatable bonds is 3. The highest BCUT2D eigenvalue weighted by Crippen LogP contribution is 2.13. The number of hydrogen-bond acceptors (Lipinski definition) is 5. The third kappa shape index (κ3) is 4.12. The highest BCUT2D eigenvalue weighted by molar-refractivity contribution is 6.20. The van der Waals surface area contributed by atoms with E-state index in [-0.39, 0.29) is 0 Å². The Morgan fingerprint density at radius 2 is 1.62 bits per heavy atom. The quantitative estimate of drug-likeness (QED) is 0.310. The van der Waals surface area contributed by atoms with Crippen molar-refractivity contribution in [1.29, 1.82) is 0 Å². The number of ketones is 1. The lowest BCUT2D eigenvalue weighted by Gasteiger charge is -2.20. The molecule has 3 N–H and O–H groups in total. The van der Waals surface area contributed by atoms with Gasteiger partial charge in [-0.1, -0.05) is 0 Å². The number of carbonyl (C=O) groups is 3. The number of carbonyl (C=O) groups excluding carboxylic acids is 2. The molecule has 0 aliphatic carbocycles. The van der Waals surface area contributed by atoms with E-state index in [1.54, 1.807) is 20.8 Å². The van der Waals surface area contributed by atoms with Gasteiger partial charge in [0.05, 0.1) is 0 Å². The van der Waals surface area contributed by atoms with Gasteiger partial charge >= 0.3 is 11.9 Å². The van der Waals surface area contributed by atoms with Gasteiger partial charge < -0.3 is 15.6 Å². The molecule has 0 heterocycles. The summed E-state index contributed by atoms with van der Waals surface area (Å²) in [5.74, 6) is -3.30.